The lowest BCUT2D eigenvalue weighted by Crippen LogP contribution is -2.23. The molecule has 0 aliphatic heterocycles. The van der Waals surface area contributed by atoms with E-state index in [-0.39, 0.29) is 11.7 Å². The van der Waals surface area contributed by atoms with E-state index in [4.69, 9.17) is 14.2 Å². The minimum Gasteiger partial charge on any atom is -0.493 e. The van der Waals surface area contributed by atoms with E-state index in [0.29, 0.717) is 23.7 Å². The molecule has 0 saturated heterocycles. The summed E-state index contributed by atoms with van der Waals surface area (Å²) in [6, 6.07) is 3.70. The molecule has 0 aromatic heterocycles. The molecule has 1 fully saturated rings. The molecule has 1 aliphatic rings. The lowest BCUT2D eigenvalue weighted by atomic mass is 9.78. The first-order chi connectivity index (χ1) is 8.21. The van der Waals surface area contributed by atoms with E-state index in [2.05, 4.69) is 0 Å². The Morgan fingerprint density at radius 3 is 1.94 bits per heavy atom. The zero-order valence-corrected chi connectivity index (χ0v) is 10.3. The summed E-state index contributed by atoms with van der Waals surface area (Å²) in [5, 5.41) is 0. The number of benzene rings is 1. The van der Waals surface area contributed by atoms with Gasteiger partial charge in [-0.15, -0.1) is 0 Å². The van der Waals surface area contributed by atoms with Gasteiger partial charge >= 0.3 is 0 Å². The summed E-state index contributed by atoms with van der Waals surface area (Å²) < 4.78 is 15.8. The monoisotopic (exact) mass is 236 g/mol. The van der Waals surface area contributed by atoms with Crippen LogP contribution >= 0.6 is 0 Å². The Morgan fingerprint density at radius 2 is 1.65 bits per heavy atom. The van der Waals surface area contributed by atoms with E-state index in [1.54, 1.807) is 21.3 Å². The lowest BCUT2D eigenvalue weighted by molar-refractivity contribution is -0.125. The lowest BCUT2D eigenvalue weighted by Gasteiger charge is -2.25. The van der Waals surface area contributed by atoms with E-state index in [9.17, 15) is 4.79 Å². The Morgan fingerprint density at radius 1 is 1.06 bits per heavy atom. The van der Waals surface area contributed by atoms with Gasteiger partial charge in [-0.25, -0.2) is 0 Å². The quantitative estimate of drug-likeness (QED) is 0.803. The van der Waals surface area contributed by atoms with Gasteiger partial charge in [0.25, 0.3) is 0 Å². The molecular formula is C13H16O4. The number of ketones is 1. The van der Waals surface area contributed by atoms with Gasteiger partial charge in [-0.05, 0) is 24.1 Å². The third-order valence-corrected chi connectivity index (χ3v) is 3.16. The van der Waals surface area contributed by atoms with Crippen molar-refractivity contribution in [3.05, 3.63) is 17.7 Å². The van der Waals surface area contributed by atoms with Crippen LogP contribution in [-0.2, 0) is 4.79 Å². The minimum atomic E-state index is -0.0105. The zero-order valence-electron chi connectivity index (χ0n) is 10.3. The first kappa shape index (κ1) is 11.8. The molecule has 0 bridgehead atoms. The number of hydrogen-bond acceptors (Lipinski definition) is 4. The minimum absolute atomic E-state index is 0.0105. The molecule has 0 amide bonds. The predicted molar refractivity (Wildman–Crippen MR) is 63.1 cm³/mol. The summed E-state index contributed by atoms with van der Waals surface area (Å²) in [6.45, 7) is 0. The van der Waals surface area contributed by atoms with Crippen LogP contribution in [0.4, 0.5) is 0 Å². The predicted octanol–water partition coefficient (Wildman–Crippen LogP) is 2.16. The maximum Gasteiger partial charge on any atom is 0.203 e. The van der Waals surface area contributed by atoms with Gasteiger partial charge in [-0.1, -0.05) is 0 Å². The molecule has 2 rings (SSSR count). The Balaban J connectivity index is 2.44. The van der Waals surface area contributed by atoms with Crippen LogP contribution in [0.25, 0.3) is 0 Å². The van der Waals surface area contributed by atoms with Gasteiger partial charge in [0, 0.05) is 12.3 Å². The van der Waals surface area contributed by atoms with Crippen molar-refractivity contribution in [3.63, 3.8) is 0 Å². The molecule has 0 radical (unpaired) electrons. The number of Topliss-reactive ketones (excluding diaryl/α,β-unsaturated/α-hetero) is 1. The maximum atomic E-state index is 11.5. The fourth-order valence-corrected chi connectivity index (χ4v) is 2.06. The smallest absolute Gasteiger partial charge is 0.203 e. The maximum absolute atomic E-state index is 11.5. The second-order valence-electron chi connectivity index (χ2n) is 4.02. The molecule has 4 heteroatoms. The molecule has 1 aliphatic carbocycles. The Bertz CT molecular complexity index is 414. The van der Waals surface area contributed by atoms with Crippen molar-refractivity contribution in [1.82, 2.24) is 0 Å². The van der Waals surface area contributed by atoms with Crippen molar-refractivity contribution in [2.24, 2.45) is 0 Å². The molecule has 1 atom stereocenters. The molecular weight excluding hydrogens is 220 g/mol. The second kappa shape index (κ2) is 4.65. The van der Waals surface area contributed by atoms with Gasteiger partial charge in [0.1, 0.15) is 5.78 Å². The summed E-state index contributed by atoms with van der Waals surface area (Å²) in [5.74, 6) is 2.02. The van der Waals surface area contributed by atoms with Crippen LogP contribution in [0.2, 0.25) is 0 Å². The van der Waals surface area contributed by atoms with E-state index in [1.807, 2.05) is 12.1 Å². The molecule has 0 spiro atoms. The zero-order chi connectivity index (χ0) is 12.4. The second-order valence-corrected chi connectivity index (χ2v) is 4.02. The molecule has 1 aromatic rings. The van der Waals surface area contributed by atoms with E-state index in [1.165, 1.54) is 0 Å². The standard InChI is InChI=1S/C13H16O4/c1-15-11-6-8(9-4-5-10(9)14)7-12(16-2)13(11)17-3/h6-7,9H,4-5H2,1-3H3. The van der Waals surface area contributed by atoms with Gasteiger partial charge in [0.2, 0.25) is 5.75 Å². The van der Waals surface area contributed by atoms with Crippen molar-refractivity contribution in [3.8, 4) is 17.2 Å². The van der Waals surface area contributed by atoms with Crippen LogP contribution in [0.1, 0.15) is 24.3 Å². The van der Waals surface area contributed by atoms with Crippen LogP contribution in [0.5, 0.6) is 17.2 Å². The summed E-state index contributed by atoms with van der Waals surface area (Å²) in [5.41, 5.74) is 0.941. The van der Waals surface area contributed by atoms with Crippen LogP contribution in [0, 0.1) is 0 Å². The van der Waals surface area contributed by atoms with Crippen LogP contribution < -0.4 is 14.2 Å². The van der Waals surface area contributed by atoms with Crippen molar-refractivity contribution >= 4 is 5.78 Å². The number of carbonyl (C=O) groups is 1. The highest BCUT2D eigenvalue weighted by Crippen LogP contribution is 2.43. The number of carbonyl (C=O) groups excluding carboxylic acids is 1. The van der Waals surface area contributed by atoms with Crippen molar-refractivity contribution in [2.45, 2.75) is 18.8 Å². The van der Waals surface area contributed by atoms with Gasteiger partial charge < -0.3 is 14.2 Å². The summed E-state index contributed by atoms with van der Waals surface area (Å²) in [4.78, 5) is 11.5. The average molecular weight is 236 g/mol. The van der Waals surface area contributed by atoms with Gasteiger partial charge in [0.05, 0.1) is 21.3 Å². The third-order valence-electron chi connectivity index (χ3n) is 3.16. The van der Waals surface area contributed by atoms with E-state index >= 15 is 0 Å². The van der Waals surface area contributed by atoms with Crippen LogP contribution in [0.15, 0.2) is 12.1 Å². The van der Waals surface area contributed by atoms with Crippen molar-refractivity contribution in [2.75, 3.05) is 21.3 Å². The van der Waals surface area contributed by atoms with E-state index < -0.39 is 0 Å². The normalized spacial score (nSPS) is 18.5. The third kappa shape index (κ3) is 1.95. The molecule has 4 nitrogen and oxygen atoms in total. The summed E-state index contributed by atoms with van der Waals surface area (Å²) >= 11 is 0. The van der Waals surface area contributed by atoms with Crippen LogP contribution in [0.3, 0.4) is 0 Å². The van der Waals surface area contributed by atoms with Crippen molar-refractivity contribution in [1.29, 1.82) is 0 Å². The Hall–Kier alpha value is -1.71. The Kier molecular flexibility index (Phi) is 3.22. The van der Waals surface area contributed by atoms with Gasteiger partial charge in [0.15, 0.2) is 11.5 Å². The highest BCUT2D eigenvalue weighted by molar-refractivity contribution is 5.91. The average Bonchev–Trinajstić information content (AvgIpc) is 2.35. The van der Waals surface area contributed by atoms with Gasteiger partial charge in [-0.2, -0.15) is 0 Å². The number of ether oxygens (including phenoxy) is 3. The van der Waals surface area contributed by atoms with Gasteiger partial charge in [-0.3, -0.25) is 4.79 Å². The fourth-order valence-electron chi connectivity index (χ4n) is 2.06. The molecule has 17 heavy (non-hydrogen) atoms. The number of rotatable bonds is 4. The number of methoxy groups -OCH3 is 3. The highest BCUT2D eigenvalue weighted by Gasteiger charge is 2.31. The number of hydrogen-bond donors (Lipinski definition) is 0. The van der Waals surface area contributed by atoms with E-state index in [0.717, 1.165) is 12.0 Å². The topological polar surface area (TPSA) is 44.8 Å². The van der Waals surface area contributed by atoms with Crippen molar-refractivity contribution < 1.29 is 19.0 Å². The molecule has 92 valence electrons. The fraction of sp³-hybridized carbons (Fsp3) is 0.462. The first-order valence-electron chi connectivity index (χ1n) is 5.54. The summed E-state index contributed by atoms with van der Waals surface area (Å²) in [7, 11) is 4.71. The summed E-state index contributed by atoms with van der Waals surface area (Å²) in [6.07, 6.45) is 1.57. The molecule has 0 N–H and O–H groups in total. The Labute approximate surface area is 100 Å². The SMILES string of the molecule is COc1cc(C2CCC2=O)cc(OC)c1OC. The highest BCUT2D eigenvalue weighted by atomic mass is 16.5. The molecule has 0 heterocycles. The molecule has 1 unspecified atom stereocenters. The van der Waals surface area contributed by atoms with Crippen LogP contribution in [-0.4, -0.2) is 27.1 Å². The largest absolute Gasteiger partial charge is 0.493 e. The first-order valence-corrected chi connectivity index (χ1v) is 5.54. The molecule has 1 saturated carbocycles. The molecule has 1 aromatic carbocycles.